The third-order valence-electron chi connectivity index (χ3n) is 6.64. The summed E-state index contributed by atoms with van der Waals surface area (Å²) in [6, 6.07) is 18.9. The molecular formula is C27H27N5O4S. The molecule has 1 fully saturated rings. The Labute approximate surface area is 214 Å². The van der Waals surface area contributed by atoms with Gasteiger partial charge in [-0.1, -0.05) is 42.5 Å². The van der Waals surface area contributed by atoms with Crippen molar-refractivity contribution in [2.24, 2.45) is 0 Å². The first-order valence-corrected chi connectivity index (χ1v) is 13.5. The lowest BCUT2D eigenvalue weighted by atomic mass is 10.1. The number of carbonyl (C=O) groups excluding carboxylic acids is 2. The van der Waals surface area contributed by atoms with Gasteiger partial charge in [-0.15, -0.1) is 0 Å². The van der Waals surface area contributed by atoms with E-state index in [1.165, 1.54) is 6.20 Å². The first kappa shape index (κ1) is 24.7. The van der Waals surface area contributed by atoms with Gasteiger partial charge >= 0.3 is 0 Å². The predicted octanol–water partition coefficient (Wildman–Crippen LogP) is 3.71. The van der Waals surface area contributed by atoms with Crippen LogP contribution in [0.5, 0.6) is 0 Å². The van der Waals surface area contributed by atoms with Crippen molar-refractivity contribution < 1.29 is 18.0 Å². The van der Waals surface area contributed by atoms with Crippen LogP contribution in [0.1, 0.15) is 39.3 Å². The Morgan fingerprint density at radius 3 is 2.41 bits per heavy atom. The quantitative estimate of drug-likeness (QED) is 0.360. The maximum Gasteiger partial charge on any atom is 0.271 e. The molecular weight excluding hydrogens is 490 g/mol. The maximum absolute atomic E-state index is 13.4. The number of anilines is 1. The number of aromatic nitrogens is 2. The van der Waals surface area contributed by atoms with Crippen LogP contribution in [-0.2, 0) is 10.0 Å². The highest BCUT2D eigenvalue weighted by Gasteiger charge is 2.28. The van der Waals surface area contributed by atoms with E-state index in [1.807, 2.05) is 19.1 Å². The second-order valence-corrected chi connectivity index (χ2v) is 10.8. The molecule has 2 amide bonds. The smallest absolute Gasteiger partial charge is 0.271 e. The molecule has 1 aliphatic rings. The third kappa shape index (κ3) is 5.11. The molecule has 0 aliphatic carbocycles. The van der Waals surface area contributed by atoms with Gasteiger partial charge in [-0.2, -0.15) is 5.10 Å². The van der Waals surface area contributed by atoms with Crippen LogP contribution in [0.3, 0.4) is 0 Å². The number of nitrogens with zero attached hydrogens (tertiary/aromatic N) is 2. The van der Waals surface area contributed by atoms with Gasteiger partial charge in [0.2, 0.25) is 10.0 Å². The number of fused-ring (bicyclic) bond motifs is 1. The van der Waals surface area contributed by atoms with Crippen LogP contribution < -0.4 is 10.0 Å². The van der Waals surface area contributed by atoms with Crippen molar-refractivity contribution >= 4 is 38.3 Å². The molecule has 0 bridgehead atoms. The number of amides is 2. The Morgan fingerprint density at radius 2 is 1.68 bits per heavy atom. The molecule has 1 aromatic heterocycles. The number of hydrogen-bond donors (Lipinski definition) is 3. The number of carbonyl (C=O) groups is 2. The fourth-order valence-electron chi connectivity index (χ4n) is 4.67. The van der Waals surface area contributed by atoms with Crippen molar-refractivity contribution in [3.63, 3.8) is 0 Å². The van der Waals surface area contributed by atoms with Crippen molar-refractivity contribution in [3.05, 3.63) is 89.7 Å². The Bertz CT molecular complexity index is 1560. The van der Waals surface area contributed by atoms with Crippen molar-refractivity contribution in [1.29, 1.82) is 0 Å². The van der Waals surface area contributed by atoms with E-state index in [-0.39, 0.29) is 22.8 Å². The van der Waals surface area contributed by atoms with Crippen molar-refractivity contribution in [2.75, 3.05) is 18.4 Å². The van der Waals surface area contributed by atoms with Gasteiger partial charge < -0.3 is 10.2 Å². The molecule has 0 radical (unpaired) electrons. The van der Waals surface area contributed by atoms with E-state index in [4.69, 9.17) is 0 Å². The van der Waals surface area contributed by atoms with Gasteiger partial charge in [-0.05, 0) is 49.6 Å². The molecule has 9 nitrogen and oxygen atoms in total. The minimum Gasteiger partial charge on any atom is -0.337 e. The molecule has 5 rings (SSSR count). The number of piperidine rings is 1. The number of H-pyrrole nitrogens is 1. The minimum absolute atomic E-state index is 0.145. The first-order chi connectivity index (χ1) is 17.8. The monoisotopic (exact) mass is 517 g/mol. The van der Waals surface area contributed by atoms with Gasteiger partial charge in [0, 0.05) is 47.4 Å². The normalized spacial score (nSPS) is 14.6. The zero-order valence-electron chi connectivity index (χ0n) is 20.3. The molecule has 3 aromatic carbocycles. The first-order valence-electron chi connectivity index (χ1n) is 12.0. The molecule has 0 unspecified atom stereocenters. The number of rotatable bonds is 6. The molecule has 190 valence electrons. The van der Waals surface area contributed by atoms with E-state index < -0.39 is 10.0 Å². The highest BCUT2D eigenvalue weighted by molar-refractivity contribution is 7.89. The van der Waals surface area contributed by atoms with E-state index in [1.54, 1.807) is 59.5 Å². The summed E-state index contributed by atoms with van der Waals surface area (Å²) in [5.74, 6) is -0.401. The van der Waals surface area contributed by atoms with Gasteiger partial charge in [0.05, 0.1) is 4.90 Å². The predicted molar refractivity (Wildman–Crippen MR) is 141 cm³/mol. The van der Waals surface area contributed by atoms with Gasteiger partial charge in [0.1, 0.15) is 5.69 Å². The van der Waals surface area contributed by atoms with E-state index in [0.717, 1.165) is 5.56 Å². The van der Waals surface area contributed by atoms with Crippen molar-refractivity contribution in [2.45, 2.75) is 30.7 Å². The Morgan fingerprint density at radius 1 is 0.946 bits per heavy atom. The Kier molecular flexibility index (Phi) is 6.77. The maximum atomic E-state index is 13.4. The number of sulfonamides is 1. The molecule has 1 saturated heterocycles. The summed E-state index contributed by atoms with van der Waals surface area (Å²) >= 11 is 0. The van der Waals surface area contributed by atoms with Gasteiger partial charge in [-0.3, -0.25) is 14.7 Å². The summed E-state index contributed by atoms with van der Waals surface area (Å²) in [5.41, 5.74) is 2.36. The molecule has 0 atom stereocenters. The number of aryl methyl sites for hydroxylation is 1. The summed E-state index contributed by atoms with van der Waals surface area (Å²) in [7, 11) is -3.85. The Hall–Kier alpha value is -4.02. The van der Waals surface area contributed by atoms with Crippen LogP contribution in [0.4, 0.5) is 5.69 Å². The summed E-state index contributed by atoms with van der Waals surface area (Å²) in [6.07, 6.45) is 2.53. The van der Waals surface area contributed by atoms with Crippen LogP contribution in [0.25, 0.3) is 10.8 Å². The number of benzene rings is 3. The van der Waals surface area contributed by atoms with E-state index >= 15 is 0 Å². The molecule has 0 saturated carbocycles. The zero-order valence-corrected chi connectivity index (χ0v) is 21.1. The topological polar surface area (TPSA) is 124 Å². The number of aromatic amines is 1. The van der Waals surface area contributed by atoms with Crippen LogP contribution in [0.2, 0.25) is 0 Å². The van der Waals surface area contributed by atoms with Gasteiger partial charge in [0.25, 0.3) is 11.8 Å². The molecule has 0 spiro atoms. The summed E-state index contributed by atoms with van der Waals surface area (Å²) in [6.45, 7) is 2.75. The fraction of sp³-hybridized carbons (Fsp3) is 0.222. The average molecular weight is 518 g/mol. The minimum atomic E-state index is -3.85. The average Bonchev–Trinajstić information content (AvgIpc) is 3.44. The largest absolute Gasteiger partial charge is 0.337 e. The summed E-state index contributed by atoms with van der Waals surface area (Å²) < 4.78 is 29.7. The van der Waals surface area contributed by atoms with E-state index in [2.05, 4.69) is 20.2 Å². The molecule has 2 heterocycles. The number of hydrogen-bond acceptors (Lipinski definition) is 5. The van der Waals surface area contributed by atoms with Crippen molar-refractivity contribution in [3.8, 4) is 0 Å². The molecule has 1 aliphatic heterocycles. The van der Waals surface area contributed by atoms with Crippen LogP contribution in [0, 0.1) is 6.92 Å². The van der Waals surface area contributed by atoms with Gasteiger partial charge in [-0.25, -0.2) is 13.1 Å². The summed E-state index contributed by atoms with van der Waals surface area (Å²) in [4.78, 5) is 27.3. The van der Waals surface area contributed by atoms with E-state index in [9.17, 15) is 18.0 Å². The van der Waals surface area contributed by atoms with E-state index in [0.29, 0.717) is 53.6 Å². The second kappa shape index (κ2) is 10.2. The van der Waals surface area contributed by atoms with Crippen LogP contribution >= 0.6 is 0 Å². The van der Waals surface area contributed by atoms with Crippen LogP contribution in [0.15, 0.2) is 77.8 Å². The fourth-order valence-corrected chi connectivity index (χ4v) is 6.20. The highest BCUT2D eigenvalue weighted by Crippen LogP contribution is 2.30. The Balaban J connectivity index is 1.33. The lowest BCUT2D eigenvalue weighted by Gasteiger charge is -2.32. The highest BCUT2D eigenvalue weighted by atomic mass is 32.2. The lowest BCUT2D eigenvalue weighted by Crippen LogP contribution is -2.46. The molecule has 10 heteroatoms. The third-order valence-corrected chi connectivity index (χ3v) is 8.22. The summed E-state index contributed by atoms with van der Waals surface area (Å²) in [5, 5.41) is 10.6. The van der Waals surface area contributed by atoms with Crippen molar-refractivity contribution in [1.82, 2.24) is 19.8 Å². The second-order valence-electron chi connectivity index (χ2n) is 9.08. The van der Waals surface area contributed by atoms with Crippen LogP contribution in [-0.4, -0.2) is 54.5 Å². The lowest BCUT2D eigenvalue weighted by molar-refractivity contribution is 0.0705. The SMILES string of the molecule is Cc1ccccc1C(=O)Nc1cccc2c(S(=O)(=O)NC3CCN(C(=O)c4ccn[nH]4)CC3)cccc12. The van der Waals surface area contributed by atoms with Gasteiger partial charge in [0.15, 0.2) is 0 Å². The number of nitrogens with one attached hydrogen (secondary N) is 3. The zero-order chi connectivity index (χ0) is 26.0. The standard InChI is InChI=1S/C27H27N5O4S/c1-18-6-2-3-7-20(18)26(33)29-23-10-4-9-22-21(23)8-5-11-25(22)37(35,36)31-19-13-16-32(17-14-19)27(34)24-12-15-28-30-24/h2-12,15,19,31H,13-14,16-17H2,1H3,(H,28,30)(H,29,33). The molecule has 4 aromatic rings. The molecule has 3 N–H and O–H groups in total. The number of likely N-dealkylation sites (tertiary alicyclic amines) is 1. The molecule has 37 heavy (non-hydrogen) atoms.